The number of hydrogen-bond donors (Lipinski definition) is 0. The van der Waals surface area contributed by atoms with Gasteiger partial charge in [-0.1, -0.05) is 0 Å². The molecule has 1 aliphatic rings. The van der Waals surface area contributed by atoms with Gasteiger partial charge in [0, 0.05) is 0 Å². The molecule has 0 saturated heterocycles. The molecule has 0 N–H and O–H groups in total. The number of rotatable bonds is 2. The van der Waals surface area contributed by atoms with E-state index in [1.807, 2.05) is 54.6 Å². The van der Waals surface area contributed by atoms with E-state index in [2.05, 4.69) is 31.0 Å². The Kier molecular flexibility index (Phi) is 2.81. The van der Waals surface area contributed by atoms with E-state index in [-0.39, 0.29) is 0 Å². The Balaban J connectivity index is 1.92. The molecule has 0 fully saturated rings. The zero-order valence-corrected chi connectivity index (χ0v) is 13.2. The standard InChI is InChI=1S/C12H9Br2O3P/c13-18(14,15-10-6-2-1-3-7-10)16-11-8-4-5-9-12(11)17-18/h1-9H. The Labute approximate surface area is 121 Å². The van der Waals surface area contributed by atoms with Gasteiger partial charge in [-0.05, 0) is 0 Å². The Bertz CT molecular complexity index is 560. The normalized spacial score (nSPS) is 20.7. The quantitative estimate of drug-likeness (QED) is 0.636. The maximum absolute atomic E-state index is 5.85. The fraction of sp³-hybridized carbons (Fsp3) is 0. The summed E-state index contributed by atoms with van der Waals surface area (Å²) in [5.41, 5.74) is 0. The second kappa shape index (κ2) is 4.12. The molecule has 0 aliphatic carbocycles. The molecule has 0 unspecified atom stereocenters. The topological polar surface area (TPSA) is 27.7 Å². The zero-order chi connectivity index (χ0) is 12.7. The Hall–Kier alpha value is -0.770. The molecule has 94 valence electrons. The minimum absolute atomic E-state index is 0.653. The molecule has 3 rings (SSSR count). The summed E-state index contributed by atoms with van der Waals surface area (Å²) in [6.07, 6.45) is 0. The van der Waals surface area contributed by atoms with Crippen molar-refractivity contribution in [3.8, 4) is 17.2 Å². The fourth-order valence-electron chi connectivity index (χ4n) is 1.61. The van der Waals surface area contributed by atoms with E-state index in [0.717, 1.165) is 0 Å². The number of halogens is 2. The molecule has 0 saturated carbocycles. The van der Waals surface area contributed by atoms with Gasteiger partial charge in [0.2, 0.25) is 0 Å². The number of hydrogen-bond acceptors (Lipinski definition) is 3. The van der Waals surface area contributed by atoms with Crippen LogP contribution in [0.25, 0.3) is 0 Å². The molecule has 0 aromatic heterocycles. The molecule has 0 spiro atoms. The SMILES string of the molecule is BrP1(Br)(Oc2ccccc2)Oc2ccccc2O1. The van der Waals surface area contributed by atoms with E-state index in [1.165, 1.54) is 0 Å². The average molecular weight is 392 g/mol. The first-order valence-corrected chi connectivity index (χ1v) is 11.3. The van der Waals surface area contributed by atoms with E-state index in [0.29, 0.717) is 17.2 Å². The van der Waals surface area contributed by atoms with Crippen LogP contribution < -0.4 is 13.6 Å². The molecule has 0 radical (unpaired) electrons. The van der Waals surface area contributed by atoms with E-state index in [4.69, 9.17) is 13.6 Å². The van der Waals surface area contributed by atoms with Crippen LogP contribution in [0.3, 0.4) is 0 Å². The van der Waals surface area contributed by atoms with Crippen LogP contribution in [0.5, 0.6) is 17.2 Å². The van der Waals surface area contributed by atoms with Crippen LogP contribution in [0.15, 0.2) is 54.6 Å². The van der Waals surface area contributed by atoms with Crippen molar-refractivity contribution in [2.24, 2.45) is 0 Å². The second-order valence-electron chi connectivity index (χ2n) is 3.74. The summed E-state index contributed by atoms with van der Waals surface area (Å²) in [5, 5.41) is 0. The Morgan fingerprint density at radius 3 is 1.83 bits per heavy atom. The van der Waals surface area contributed by atoms with Crippen LogP contribution in [0, 0.1) is 0 Å². The summed E-state index contributed by atoms with van der Waals surface area (Å²) in [6, 6.07) is 16.8. The Morgan fingerprint density at radius 2 is 1.28 bits per heavy atom. The third kappa shape index (κ3) is 2.35. The third-order valence-corrected chi connectivity index (χ3v) is 6.40. The van der Waals surface area contributed by atoms with Crippen molar-refractivity contribution >= 4 is 35.7 Å². The van der Waals surface area contributed by atoms with Gasteiger partial charge in [-0.25, -0.2) is 0 Å². The molecular weight excluding hydrogens is 383 g/mol. The molecule has 2 aromatic rings. The van der Waals surface area contributed by atoms with Crippen LogP contribution in [-0.2, 0) is 0 Å². The first-order valence-electron chi connectivity index (χ1n) is 5.24. The van der Waals surface area contributed by atoms with E-state index in [9.17, 15) is 0 Å². The van der Waals surface area contributed by atoms with Gasteiger partial charge in [-0.15, -0.1) is 0 Å². The fourth-order valence-corrected chi connectivity index (χ4v) is 5.97. The molecular formula is C12H9Br2O3P. The molecule has 3 nitrogen and oxygen atoms in total. The van der Waals surface area contributed by atoms with Crippen LogP contribution >= 0.6 is 35.7 Å². The summed E-state index contributed by atoms with van der Waals surface area (Å²) in [5.74, 6) is 1.97. The van der Waals surface area contributed by atoms with Crippen molar-refractivity contribution in [1.29, 1.82) is 0 Å². The van der Waals surface area contributed by atoms with Crippen molar-refractivity contribution < 1.29 is 13.6 Å². The zero-order valence-electron chi connectivity index (χ0n) is 9.12. The maximum atomic E-state index is 5.85. The summed E-state index contributed by atoms with van der Waals surface area (Å²) in [6.45, 7) is 0. The van der Waals surface area contributed by atoms with Crippen LogP contribution in [0.1, 0.15) is 0 Å². The van der Waals surface area contributed by atoms with Crippen molar-refractivity contribution in [2.45, 2.75) is 0 Å². The molecule has 0 amide bonds. The van der Waals surface area contributed by atoms with Crippen molar-refractivity contribution in [3.63, 3.8) is 0 Å². The molecule has 2 aromatic carbocycles. The van der Waals surface area contributed by atoms with Crippen molar-refractivity contribution in [2.75, 3.05) is 0 Å². The third-order valence-electron chi connectivity index (χ3n) is 2.33. The van der Waals surface area contributed by atoms with Gasteiger partial charge in [0.1, 0.15) is 0 Å². The first-order chi connectivity index (χ1) is 8.53. The number of benzene rings is 2. The molecule has 6 heteroatoms. The number of fused-ring (bicyclic) bond motifs is 1. The average Bonchev–Trinajstić information content (AvgIpc) is 2.60. The van der Waals surface area contributed by atoms with Gasteiger partial charge in [-0.2, -0.15) is 0 Å². The first kappa shape index (κ1) is 12.3. The van der Waals surface area contributed by atoms with Gasteiger partial charge in [0.15, 0.2) is 0 Å². The predicted molar refractivity (Wildman–Crippen MR) is 79.5 cm³/mol. The summed E-state index contributed by atoms with van der Waals surface area (Å²) in [4.78, 5) is 0. The van der Waals surface area contributed by atoms with Gasteiger partial charge < -0.3 is 0 Å². The van der Waals surface area contributed by atoms with E-state index < -0.39 is 4.69 Å². The minimum atomic E-state index is -3.48. The molecule has 18 heavy (non-hydrogen) atoms. The summed E-state index contributed by atoms with van der Waals surface area (Å²) < 4.78 is 14.0. The number of para-hydroxylation sites is 3. The van der Waals surface area contributed by atoms with Gasteiger partial charge in [0.25, 0.3) is 0 Å². The predicted octanol–water partition coefficient (Wildman–Crippen LogP) is 5.45. The van der Waals surface area contributed by atoms with Crippen molar-refractivity contribution in [3.05, 3.63) is 54.6 Å². The van der Waals surface area contributed by atoms with Gasteiger partial charge in [0.05, 0.1) is 0 Å². The second-order valence-corrected chi connectivity index (χ2v) is 15.9. The summed E-state index contributed by atoms with van der Waals surface area (Å²) >= 11 is 6.90. The van der Waals surface area contributed by atoms with Crippen LogP contribution in [0.2, 0.25) is 0 Å². The molecule has 0 bridgehead atoms. The Morgan fingerprint density at radius 1 is 0.778 bits per heavy atom. The molecule has 0 atom stereocenters. The van der Waals surface area contributed by atoms with Crippen molar-refractivity contribution in [1.82, 2.24) is 0 Å². The molecule has 1 aliphatic heterocycles. The van der Waals surface area contributed by atoms with Gasteiger partial charge >= 0.3 is 121 Å². The van der Waals surface area contributed by atoms with Crippen LogP contribution in [-0.4, -0.2) is 0 Å². The van der Waals surface area contributed by atoms with Gasteiger partial charge in [-0.3, -0.25) is 0 Å². The monoisotopic (exact) mass is 390 g/mol. The van der Waals surface area contributed by atoms with Crippen LogP contribution in [0.4, 0.5) is 0 Å². The van der Waals surface area contributed by atoms with E-state index in [1.54, 1.807) is 0 Å². The molecule has 1 heterocycles. The summed E-state index contributed by atoms with van der Waals surface area (Å²) in [7, 11) is 0. The van der Waals surface area contributed by atoms with E-state index >= 15 is 0 Å².